The van der Waals surface area contributed by atoms with Gasteiger partial charge in [-0.25, -0.2) is 4.79 Å². The molecule has 1 N–H and O–H groups in total. The van der Waals surface area contributed by atoms with E-state index in [-0.39, 0.29) is 37.2 Å². The number of esters is 3. The number of hydrogen-bond donors (Lipinski definition) is 1. The molecule has 0 amide bonds. The molecule has 12 atom stereocenters. The minimum absolute atomic E-state index is 0.0966. The van der Waals surface area contributed by atoms with Crippen molar-refractivity contribution in [2.24, 2.45) is 28.1 Å². The fourth-order valence-electron chi connectivity index (χ4n) is 10.2. The number of ether oxygens (including phenoxy) is 5. The summed E-state index contributed by atoms with van der Waals surface area (Å²) in [7, 11) is 0. The van der Waals surface area contributed by atoms with Gasteiger partial charge in [0.2, 0.25) is 0 Å². The lowest BCUT2D eigenvalue weighted by molar-refractivity contribution is -0.262. The van der Waals surface area contributed by atoms with Gasteiger partial charge in [0.15, 0.2) is 6.29 Å². The first-order valence-electron chi connectivity index (χ1n) is 16.1. The standard InChI is InChI=1S/C35H46O10/c1-9-17(2)32(39)45-31-29-30-33(6,16-41-29)25(42-19(4)36)15-26(43-20(5)37)34(30,7)24-14-27(38)44-23-13-21(22-11-10-12-40-22)18(3)28(23)35(24,31)8/h9-12,21,23-27,29-31,38H,13-16H2,1-8H3/b17-9-/t21-,23?,24?,25?,26?,27?,29-,30?,31-,33-,34+,35-/m1/s1. The summed E-state index contributed by atoms with van der Waals surface area (Å²) in [6, 6.07) is 3.80. The van der Waals surface area contributed by atoms with Gasteiger partial charge in [0, 0.05) is 60.3 Å². The molecule has 6 unspecified atom stereocenters. The van der Waals surface area contributed by atoms with Crippen LogP contribution in [-0.4, -0.2) is 66.4 Å². The summed E-state index contributed by atoms with van der Waals surface area (Å²) in [5, 5.41) is 11.5. The van der Waals surface area contributed by atoms with Gasteiger partial charge in [0.05, 0.1) is 25.1 Å². The number of carbonyl (C=O) groups excluding carboxylic acids is 3. The van der Waals surface area contributed by atoms with Crippen LogP contribution in [0.15, 0.2) is 45.6 Å². The second-order valence-electron chi connectivity index (χ2n) is 14.4. The van der Waals surface area contributed by atoms with Crippen molar-refractivity contribution in [1.82, 2.24) is 0 Å². The van der Waals surface area contributed by atoms with E-state index in [0.29, 0.717) is 12.0 Å². The van der Waals surface area contributed by atoms with Gasteiger partial charge in [0.1, 0.15) is 24.1 Å². The normalized spacial score (nSPS) is 43.9. The van der Waals surface area contributed by atoms with Gasteiger partial charge in [-0.1, -0.05) is 32.4 Å². The summed E-state index contributed by atoms with van der Waals surface area (Å²) < 4.78 is 37.6. The molecule has 2 saturated heterocycles. The maximum Gasteiger partial charge on any atom is 0.333 e. The lowest BCUT2D eigenvalue weighted by Crippen LogP contribution is -2.72. The van der Waals surface area contributed by atoms with Gasteiger partial charge in [-0.05, 0) is 50.8 Å². The highest BCUT2D eigenvalue weighted by Crippen LogP contribution is 2.72. The lowest BCUT2D eigenvalue weighted by atomic mass is 9.39. The molecule has 0 bridgehead atoms. The molecule has 2 saturated carbocycles. The van der Waals surface area contributed by atoms with E-state index < -0.39 is 71.0 Å². The Morgan fingerprint density at radius 3 is 2.31 bits per heavy atom. The van der Waals surface area contributed by atoms with Crippen LogP contribution in [0.4, 0.5) is 0 Å². The number of aliphatic hydroxyl groups excluding tert-OH is 1. The second-order valence-corrected chi connectivity index (χ2v) is 14.4. The molecule has 1 aromatic rings. The zero-order valence-corrected chi connectivity index (χ0v) is 27.5. The molecular weight excluding hydrogens is 580 g/mol. The molecular formula is C35H46O10. The van der Waals surface area contributed by atoms with Crippen LogP contribution < -0.4 is 0 Å². The SMILES string of the molecule is C/C=C(/C)C(=O)O[C@@H]1[C@@H]2OC[C@]3(C)C(OC(C)=O)CC(OC(C)=O)[C@@](C)(C23)C2CC(O)OC3C[C@@H](c4ccco4)C(C)=C3[C@@]21C. The Kier molecular flexibility index (Phi) is 7.89. The third kappa shape index (κ3) is 4.65. The van der Waals surface area contributed by atoms with Crippen LogP contribution in [0.5, 0.6) is 0 Å². The van der Waals surface area contributed by atoms with Crippen LogP contribution in [0.3, 0.4) is 0 Å². The Morgan fingerprint density at radius 2 is 1.69 bits per heavy atom. The van der Waals surface area contributed by atoms with Gasteiger partial charge in [0.25, 0.3) is 0 Å². The van der Waals surface area contributed by atoms with E-state index in [4.69, 9.17) is 28.1 Å². The van der Waals surface area contributed by atoms with Gasteiger partial charge in [-0.3, -0.25) is 9.59 Å². The minimum atomic E-state index is -1.13. The maximum absolute atomic E-state index is 13.7. The van der Waals surface area contributed by atoms with E-state index in [2.05, 4.69) is 20.8 Å². The predicted molar refractivity (Wildman–Crippen MR) is 160 cm³/mol. The minimum Gasteiger partial charge on any atom is -0.469 e. The first kappa shape index (κ1) is 32.0. The Labute approximate surface area is 264 Å². The Morgan fingerprint density at radius 1 is 1.00 bits per heavy atom. The monoisotopic (exact) mass is 626 g/mol. The van der Waals surface area contributed by atoms with Crippen molar-refractivity contribution in [3.63, 3.8) is 0 Å². The Bertz CT molecular complexity index is 1430. The number of fused-ring (bicyclic) bond motifs is 4. The molecule has 10 heteroatoms. The number of hydrogen-bond acceptors (Lipinski definition) is 10. The van der Waals surface area contributed by atoms with E-state index in [9.17, 15) is 19.5 Å². The van der Waals surface area contributed by atoms with Gasteiger partial charge in [-0.15, -0.1) is 0 Å². The van der Waals surface area contributed by atoms with Crippen LogP contribution in [0.25, 0.3) is 0 Å². The van der Waals surface area contributed by atoms with Crippen LogP contribution in [0.1, 0.15) is 86.3 Å². The quantitative estimate of drug-likeness (QED) is 0.206. The molecule has 0 radical (unpaired) electrons. The van der Waals surface area contributed by atoms with Crippen LogP contribution in [-0.2, 0) is 38.1 Å². The fourth-order valence-corrected chi connectivity index (χ4v) is 10.2. The highest BCUT2D eigenvalue weighted by atomic mass is 16.6. The van der Waals surface area contributed by atoms with E-state index in [1.165, 1.54) is 13.8 Å². The topological polar surface area (TPSA) is 131 Å². The molecule has 1 aromatic heterocycles. The first-order valence-corrected chi connectivity index (χ1v) is 16.1. The van der Waals surface area contributed by atoms with E-state index in [0.717, 1.165) is 16.9 Å². The van der Waals surface area contributed by atoms with Crippen molar-refractivity contribution >= 4 is 17.9 Å². The molecule has 3 aliphatic carbocycles. The molecule has 0 spiro atoms. The molecule has 3 heterocycles. The predicted octanol–water partition coefficient (Wildman–Crippen LogP) is 5.00. The average Bonchev–Trinajstić information content (AvgIpc) is 3.68. The Balaban J connectivity index is 1.61. The van der Waals surface area contributed by atoms with Gasteiger partial charge < -0.3 is 33.2 Å². The summed E-state index contributed by atoms with van der Waals surface area (Å²) in [6.07, 6.45) is 0.164. The zero-order valence-electron chi connectivity index (χ0n) is 27.5. The summed E-state index contributed by atoms with van der Waals surface area (Å²) in [5.74, 6) is -1.37. The zero-order chi connectivity index (χ0) is 32.6. The number of furan rings is 1. The maximum atomic E-state index is 13.7. The van der Waals surface area contributed by atoms with E-state index in [1.807, 2.05) is 19.1 Å². The van der Waals surface area contributed by atoms with Crippen molar-refractivity contribution in [3.05, 3.63) is 47.0 Å². The highest BCUT2D eigenvalue weighted by molar-refractivity contribution is 5.87. The van der Waals surface area contributed by atoms with Crippen molar-refractivity contribution in [3.8, 4) is 0 Å². The number of carbonyl (C=O) groups is 3. The molecule has 45 heavy (non-hydrogen) atoms. The fraction of sp³-hybridized carbons (Fsp3) is 0.686. The van der Waals surface area contributed by atoms with Gasteiger partial charge in [-0.2, -0.15) is 0 Å². The van der Waals surface area contributed by atoms with Crippen LogP contribution >= 0.6 is 0 Å². The molecule has 10 nitrogen and oxygen atoms in total. The van der Waals surface area contributed by atoms with Gasteiger partial charge >= 0.3 is 17.9 Å². The van der Waals surface area contributed by atoms with Crippen molar-refractivity contribution in [1.29, 1.82) is 0 Å². The third-order valence-corrected chi connectivity index (χ3v) is 12.1. The number of rotatable bonds is 5. The third-order valence-electron chi connectivity index (χ3n) is 12.1. The molecule has 2 aliphatic heterocycles. The van der Waals surface area contributed by atoms with E-state index in [1.54, 1.807) is 26.2 Å². The van der Waals surface area contributed by atoms with Crippen LogP contribution in [0.2, 0.25) is 0 Å². The molecule has 5 aliphatic rings. The van der Waals surface area contributed by atoms with Crippen LogP contribution in [0, 0.1) is 28.1 Å². The summed E-state index contributed by atoms with van der Waals surface area (Å²) >= 11 is 0. The first-order chi connectivity index (χ1) is 21.2. The van der Waals surface area contributed by atoms with Crippen molar-refractivity contribution < 1.29 is 47.6 Å². The summed E-state index contributed by atoms with van der Waals surface area (Å²) in [4.78, 5) is 38.7. The summed E-state index contributed by atoms with van der Waals surface area (Å²) in [6.45, 7) is 14.8. The Hall–Kier alpha value is -2.95. The number of allylic oxidation sites excluding steroid dienone is 2. The molecule has 0 aromatic carbocycles. The molecule has 6 rings (SSSR count). The smallest absolute Gasteiger partial charge is 0.333 e. The largest absolute Gasteiger partial charge is 0.469 e. The van der Waals surface area contributed by atoms with Crippen molar-refractivity contribution in [2.45, 2.75) is 117 Å². The molecule has 4 fully saturated rings. The highest BCUT2D eigenvalue weighted by Gasteiger charge is 2.77. The number of aliphatic hydroxyl groups is 1. The molecule has 246 valence electrons. The summed E-state index contributed by atoms with van der Waals surface area (Å²) in [5.41, 5.74) is 0.0982. The average molecular weight is 627 g/mol. The van der Waals surface area contributed by atoms with E-state index >= 15 is 0 Å². The van der Waals surface area contributed by atoms with Crippen molar-refractivity contribution in [2.75, 3.05) is 6.61 Å². The second kappa shape index (κ2) is 11.1. The lowest BCUT2D eigenvalue weighted by Gasteiger charge is -2.66.